The molecular weight excluding hydrogens is 296 g/mol. The van der Waals surface area contributed by atoms with Gasteiger partial charge in [-0.25, -0.2) is 0 Å². The van der Waals surface area contributed by atoms with E-state index in [0.717, 1.165) is 16.9 Å². The number of ether oxygens (including phenoxy) is 2. The molecule has 3 aromatic carbocycles. The zero-order valence-corrected chi connectivity index (χ0v) is 14.3. The normalized spacial score (nSPS) is 12.0. The van der Waals surface area contributed by atoms with Crippen molar-refractivity contribution in [2.45, 2.75) is 13.0 Å². The third-order valence-corrected chi connectivity index (χ3v) is 4.24. The van der Waals surface area contributed by atoms with E-state index in [1.165, 1.54) is 16.7 Å². The molecule has 2 nitrogen and oxygen atoms in total. The molecule has 0 aliphatic heterocycles. The smallest absolute Gasteiger partial charge is 0.119 e. The Hall–Kier alpha value is -2.58. The molecule has 0 spiro atoms. The molecule has 0 amide bonds. The summed E-state index contributed by atoms with van der Waals surface area (Å²) in [5, 5.41) is 0. The van der Waals surface area contributed by atoms with E-state index >= 15 is 0 Å². The molecule has 122 valence electrons. The zero-order chi connectivity index (χ0) is 16.9. The topological polar surface area (TPSA) is 18.5 Å². The van der Waals surface area contributed by atoms with Gasteiger partial charge in [-0.05, 0) is 41.3 Å². The average molecular weight is 318 g/mol. The molecule has 3 rings (SSSR count). The van der Waals surface area contributed by atoms with Crippen LogP contribution in [0.3, 0.4) is 0 Å². The van der Waals surface area contributed by atoms with Crippen LogP contribution in [0, 0.1) is 6.92 Å². The number of rotatable bonds is 5. The molecule has 24 heavy (non-hydrogen) atoms. The Morgan fingerprint density at radius 1 is 0.792 bits per heavy atom. The van der Waals surface area contributed by atoms with Gasteiger partial charge in [0.2, 0.25) is 0 Å². The molecule has 1 atom stereocenters. The van der Waals surface area contributed by atoms with Crippen LogP contribution in [-0.4, -0.2) is 14.2 Å². The first-order chi connectivity index (χ1) is 11.7. The van der Waals surface area contributed by atoms with E-state index in [2.05, 4.69) is 61.5 Å². The average Bonchev–Trinajstić information content (AvgIpc) is 2.64. The lowest BCUT2D eigenvalue weighted by Crippen LogP contribution is -2.05. The number of methoxy groups -OCH3 is 2. The van der Waals surface area contributed by atoms with Gasteiger partial charge in [0.25, 0.3) is 0 Å². The quantitative estimate of drug-likeness (QED) is 0.626. The van der Waals surface area contributed by atoms with Gasteiger partial charge in [-0.15, -0.1) is 0 Å². The lowest BCUT2D eigenvalue weighted by Gasteiger charge is -2.20. The summed E-state index contributed by atoms with van der Waals surface area (Å²) in [7, 11) is 3.43. The lowest BCUT2D eigenvalue weighted by atomic mass is 9.92. The Labute approximate surface area is 143 Å². The molecule has 2 heteroatoms. The fourth-order valence-corrected chi connectivity index (χ4v) is 2.97. The maximum atomic E-state index is 5.85. The zero-order valence-electron chi connectivity index (χ0n) is 14.3. The van der Waals surface area contributed by atoms with E-state index in [9.17, 15) is 0 Å². The van der Waals surface area contributed by atoms with Gasteiger partial charge in [0.15, 0.2) is 0 Å². The minimum absolute atomic E-state index is 0.141. The van der Waals surface area contributed by atoms with E-state index in [1.54, 1.807) is 14.2 Å². The highest BCUT2D eigenvalue weighted by molar-refractivity contribution is 5.69. The molecule has 0 aromatic heterocycles. The molecular formula is C22H22O2. The number of benzene rings is 3. The minimum Gasteiger partial charge on any atom is -0.497 e. The molecule has 0 radical (unpaired) electrons. The molecule has 0 fully saturated rings. The highest BCUT2D eigenvalue weighted by Gasteiger charge is 2.18. The first-order valence-corrected chi connectivity index (χ1v) is 8.05. The summed E-state index contributed by atoms with van der Waals surface area (Å²) in [5.41, 5.74) is 5.87. The van der Waals surface area contributed by atoms with Crippen molar-refractivity contribution in [1.82, 2.24) is 0 Å². The van der Waals surface area contributed by atoms with Gasteiger partial charge in [-0.1, -0.05) is 66.2 Å². The second kappa shape index (κ2) is 7.33. The standard InChI is InChI=1S/C22H22O2/c1-16-11-13-17(14-12-16)20-9-4-5-10-21(20)22(24-3)18-7-6-8-19(15-18)23-2/h4-15,22H,1-3H3. The number of hydrogen-bond acceptors (Lipinski definition) is 2. The molecule has 3 aromatic rings. The maximum absolute atomic E-state index is 5.85. The summed E-state index contributed by atoms with van der Waals surface area (Å²) in [5.74, 6) is 0.836. The van der Waals surface area contributed by atoms with Crippen molar-refractivity contribution in [3.05, 3.63) is 89.5 Å². The Bertz CT molecular complexity index is 806. The fourth-order valence-electron chi connectivity index (χ4n) is 2.97. The van der Waals surface area contributed by atoms with Gasteiger partial charge in [0.1, 0.15) is 11.9 Å². The van der Waals surface area contributed by atoms with Crippen LogP contribution in [0.4, 0.5) is 0 Å². The van der Waals surface area contributed by atoms with Crippen LogP contribution in [-0.2, 0) is 4.74 Å². The fraction of sp³-hybridized carbons (Fsp3) is 0.182. The molecule has 0 bridgehead atoms. The van der Waals surface area contributed by atoms with Crippen molar-refractivity contribution >= 4 is 0 Å². The first kappa shape index (κ1) is 16.3. The molecule has 0 N–H and O–H groups in total. The largest absolute Gasteiger partial charge is 0.497 e. The summed E-state index contributed by atoms with van der Waals surface area (Å²) in [6.07, 6.45) is -0.141. The first-order valence-electron chi connectivity index (χ1n) is 8.05. The third-order valence-electron chi connectivity index (χ3n) is 4.24. The van der Waals surface area contributed by atoms with Crippen LogP contribution >= 0.6 is 0 Å². The third kappa shape index (κ3) is 3.34. The van der Waals surface area contributed by atoms with Crippen LogP contribution in [0.25, 0.3) is 11.1 Å². The summed E-state index contributed by atoms with van der Waals surface area (Å²) >= 11 is 0. The summed E-state index contributed by atoms with van der Waals surface area (Å²) < 4.78 is 11.2. The van der Waals surface area contributed by atoms with Gasteiger partial charge < -0.3 is 9.47 Å². The van der Waals surface area contributed by atoms with E-state index in [0.29, 0.717) is 0 Å². The van der Waals surface area contributed by atoms with Gasteiger partial charge in [-0.2, -0.15) is 0 Å². The monoisotopic (exact) mass is 318 g/mol. The Balaban J connectivity index is 2.08. The van der Waals surface area contributed by atoms with E-state index < -0.39 is 0 Å². The Morgan fingerprint density at radius 3 is 2.25 bits per heavy atom. The van der Waals surface area contributed by atoms with Crippen molar-refractivity contribution in [1.29, 1.82) is 0 Å². The number of aryl methyl sites for hydroxylation is 1. The van der Waals surface area contributed by atoms with Crippen LogP contribution in [0.2, 0.25) is 0 Å². The van der Waals surface area contributed by atoms with Gasteiger partial charge >= 0.3 is 0 Å². The van der Waals surface area contributed by atoms with Crippen LogP contribution < -0.4 is 4.74 Å². The predicted molar refractivity (Wildman–Crippen MR) is 98.5 cm³/mol. The van der Waals surface area contributed by atoms with Crippen molar-refractivity contribution in [2.24, 2.45) is 0 Å². The Kier molecular flexibility index (Phi) is 4.97. The van der Waals surface area contributed by atoms with E-state index in [1.807, 2.05) is 18.2 Å². The SMILES string of the molecule is COc1cccc(C(OC)c2ccccc2-c2ccc(C)cc2)c1. The summed E-state index contributed by atoms with van der Waals surface area (Å²) in [4.78, 5) is 0. The minimum atomic E-state index is -0.141. The highest BCUT2D eigenvalue weighted by Crippen LogP contribution is 2.35. The van der Waals surface area contributed by atoms with Crippen LogP contribution in [0.1, 0.15) is 22.8 Å². The van der Waals surface area contributed by atoms with Gasteiger partial charge in [-0.3, -0.25) is 0 Å². The second-order valence-electron chi connectivity index (χ2n) is 5.85. The molecule has 0 saturated carbocycles. The predicted octanol–water partition coefficient (Wildman–Crippen LogP) is 5.41. The lowest BCUT2D eigenvalue weighted by molar-refractivity contribution is 0.136. The second-order valence-corrected chi connectivity index (χ2v) is 5.85. The Morgan fingerprint density at radius 2 is 1.54 bits per heavy atom. The molecule has 0 saturated heterocycles. The van der Waals surface area contributed by atoms with Crippen molar-refractivity contribution < 1.29 is 9.47 Å². The number of hydrogen-bond donors (Lipinski definition) is 0. The maximum Gasteiger partial charge on any atom is 0.119 e. The van der Waals surface area contributed by atoms with Crippen LogP contribution in [0.5, 0.6) is 5.75 Å². The van der Waals surface area contributed by atoms with Crippen molar-refractivity contribution in [3.8, 4) is 16.9 Å². The molecule has 1 unspecified atom stereocenters. The van der Waals surface area contributed by atoms with Crippen molar-refractivity contribution in [3.63, 3.8) is 0 Å². The molecule has 0 heterocycles. The van der Waals surface area contributed by atoms with Gasteiger partial charge in [0.05, 0.1) is 7.11 Å². The highest BCUT2D eigenvalue weighted by atomic mass is 16.5. The van der Waals surface area contributed by atoms with Gasteiger partial charge in [0, 0.05) is 7.11 Å². The molecule has 0 aliphatic carbocycles. The van der Waals surface area contributed by atoms with E-state index in [-0.39, 0.29) is 6.10 Å². The summed E-state index contributed by atoms with van der Waals surface area (Å²) in [6, 6.07) is 25.0. The van der Waals surface area contributed by atoms with Crippen LogP contribution in [0.15, 0.2) is 72.8 Å². The summed E-state index contributed by atoms with van der Waals surface area (Å²) in [6.45, 7) is 2.10. The van der Waals surface area contributed by atoms with E-state index in [4.69, 9.17) is 9.47 Å². The van der Waals surface area contributed by atoms with Crippen molar-refractivity contribution in [2.75, 3.05) is 14.2 Å². The molecule has 0 aliphatic rings.